The topological polar surface area (TPSA) is 46.3 Å². The van der Waals surface area contributed by atoms with Crippen LogP contribution >= 0.6 is 0 Å². The third-order valence-electron chi connectivity index (χ3n) is 2.07. The summed E-state index contributed by atoms with van der Waals surface area (Å²) >= 11 is 0. The van der Waals surface area contributed by atoms with Crippen molar-refractivity contribution in [3.8, 4) is 0 Å². The highest BCUT2D eigenvalue weighted by atomic mass is 16.2. The fraction of sp³-hybridized carbons (Fsp3) is 0.857. The minimum absolute atomic E-state index is 0.111. The van der Waals surface area contributed by atoms with Crippen LogP contribution in [0.2, 0.25) is 0 Å². The fourth-order valence-electron chi connectivity index (χ4n) is 1.34. The zero-order chi connectivity index (χ0) is 7.56. The van der Waals surface area contributed by atoms with Crippen LogP contribution < -0.4 is 5.73 Å². The Morgan fingerprint density at radius 2 is 2.50 bits per heavy atom. The number of carbonyl (C=O) groups is 1. The molecule has 0 aromatic carbocycles. The van der Waals surface area contributed by atoms with Gasteiger partial charge in [0.2, 0.25) is 5.91 Å². The maximum atomic E-state index is 11.2. The van der Waals surface area contributed by atoms with E-state index in [4.69, 9.17) is 5.73 Å². The molecule has 1 amide bonds. The quantitative estimate of drug-likeness (QED) is 0.581. The van der Waals surface area contributed by atoms with Gasteiger partial charge in [-0.3, -0.25) is 4.79 Å². The lowest BCUT2D eigenvalue weighted by molar-refractivity contribution is -0.130. The maximum Gasteiger partial charge on any atom is 0.227 e. The van der Waals surface area contributed by atoms with E-state index in [0.29, 0.717) is 6.54 Å². The van der Waals surface area contributed by atoms with Gasteiger partial charge in [0.25, 0.3) is 0 Å². The molecule has 1 rings (SSSR count). The molecule has 1 heterocycles. The molecule has 10 heavy (non-hydrogen) atoms. The van der Waals surface area contributed by atoms with Crippen LogP contribution in [-0.4, -0.2) is 30.4 Å². The van der Waals surface area contributed by atoms with Crippen molar-refractivity contribution in [1.82, 2.24) is 4.90 Å². The van der Waals surface area contributed by atoms with Gasteiger partial charge in [0.05, 0.1) is 5.92 Å². The van der Waals surface area contributed by atoms with Crippen LogP contribution in [0, 0.1) is 5.92 Å². The number of rotatable bonds is 2. The highest BCUT2D eigenvalue weighted by Gasteiger charge is 2.28. The zero-order valence-electron chi connectivity index (χ0n) is 6.34. The molecule has 0 bridgehead atoms. The fourth-order valence-corrected chi connectivity index (χ4v) is 1.34. The van der Waals surface area contributed by atoms with Gasteiger partial charge in [-0.1, -0.05) is 0 Å². The molecule has 1 atom stereocenters. The third kappa shape index (κ3) is 1.14. The van der Waals surface area contributed by atoms with Gasteiger partial charge in [-0.15, -0.1) is 0 Å². The lowest BCUT2D eigenvalue weighted by Gasteiger charge is -2.12. The first-order chi connectivity index (χ1) is 4.79. The van der Waals surface area contributed by atoms with Gasteiger partial charge in [0.15, 0.2) is 0 Å². The molecule has 58 valence electrons. The second-order valence-electron chi connectivity index (χ2n) is 2.64. The highest BCUT2D eigenvalue weighted by Crippen LogP contribution is 2.15. The Morgan fingerprint density at radius 3 is 2.80 bits per heavy atom. The van der Waals surface area contributed by atoms with Crippen LogP contribution in [0.1, 0.15) is 13.3 Å². The average Bonchev–Trinajstić information content (AvgIpc) is 2.30. The highest BCUT2D eigenvalue weighted by molar-refractivity contribution is 5.80. The lowest BCUT2D eigenvalue weighted by atomic mass is 10.1. The summed E-state index contributed by atoms with van der Waals surface area (Å²) in [6.07, 6.45) is 0.948. The maximum absolute atomic E-state index is 11.2. The Balaban J connectivity index is 2.49. The normalized spacial score (nSPS) is 26.0. The smallest absolute Gasteiger partial charge is 0.227 e. The Kier molecular flexibility index (Phi) is 2.27. The number of likely N-dealkylation sites (tertiary alicyclic amines) is 1. The monoisotopic (exact) mass is 142 g/mol. The average molecular weight is 142 g/mol. The van der Waals surface area contributed by atoms with Crippen LogP contribution in [0.15, 0.2) is 0 Å². The second kappa shape index (κ2) is 3.01. The minimum atomic E-state index is 0.111. The Hall–Kier alpha value is -0.570. The molecule has 0 aromatic rings. The number of nitrogens with zero attached hydrogens (tertiary/aromatic N) is 1. The molecule has 1 saturated heterocycles. The van der Waals surface area contributed by atoms with Crippen LogP contribution in [-0.2, 0) is 4.79 Å². The molecular weight excluding hydrogens is 128 g/mol. The number of carbonyl (C=O) groups excluding carboxylic acids is 1. The first-order valence-electron chi connectivity index (χ1n) is 3.78. The summed E-state index contributed by atoms with van der Waals surface area (Å²) in [6.45, 7) is 4.23. The first kappa shape index (κ1) is 7.54. The molecule has 0 aromatic heterocycles. The summed E-state index contributed by atoms with van der Waals surface area (Å²) in [5, 5.41) is 0. The SMILES string of the molecule is CCN1CC[C@H](CN)C1=O. The van der Waals surface area contributed by atoms with Crippen molar-refractivity contribution < 1.29 is 4.79 Å². The molecule has 0 saturated carbocycles. The molecule has 1 aliphatic heterocycles. The Bertz CT molecular complexity index is 122. The van der Waals surface area contributed by atoms with E-state index in [1.165, 1.54) is 0 Å². The summed E-state index contributed by atoms with van der Waals surface area (Å²) in [6, 6.07) is 0. The van der Waals surface area contributed by atoms with Crippen molar-refractivity contribution in [1.29, 1.82) is 0 Å². The van der Waals surface area contributed by atoms with E-state index in [0.717, 1.165) is 19.5 Å². The third-order valence-corrected chi connectivity index (χ3v) is 2.07. The number of amides is 1. The molecule has 2 N–H and O–H groups in total. The van der Waals surface area contributed by atoms with E-state index in [-0.39, 0.29) is 11.8 Å². The van der Waals surface area contributed by atoms with Gasteiger partial charge in [-0.25, -0.2) is 0 Å². The van der Waals surface area contributed by atoms with Gasteiger partial charge < -0.3 is 10.6 Å². The summed E-state index contributed by atoms with van der Waals surface area (Å²) < 4.78 is 0. The van der Waals surface area contributed by atoms with E-state index in [1.54, 1.807) is 0 Å². The molecule has 1 aliphatic rings. The summed E-state index contributed by atoms with van der Waals surface area (Å²) in [4.78, 5) is 13.1. The van der Waals surface area contributed by atoms with E-state index in [9.17, 15) is 4.79 Å². The van der Waals surface area contributed by atoms with Gasteiger partial charge in [-0.2, -0.15) is 0 Å². The van der Waals surface area contributed by atoms with Gasteiger partial charge >= 0.3 is 0 Å². The van der Waals surface area contributed by atoms with Gasteiger partial charge in [-0.05, 0) is 13.3 Å². The largest absolute Gasteiger partial charge is 0.343 e. The van der Waals surface area contributed by atoms with Crippen molar-refractivity contribution in [2.24, 2.45) is 11.7 Å². The molecule has 0 radical (unpaired) electrons. The molecule has 3 heteroatoms. The number of hydrogen-bond acceptors (Lipinski definition) is 2. The molecule has 3 nitrogen and oxygen atoms in total. The van der Waals surface area contributed by atoms with E-state index < -0.39 is 0 Å². The summed E-state index contributed by atoms with van der Waals surface area (Å²) in [5.74, 6) is 0.352. The molecule has 0 aliphatic carbocycles. The zero-order valence-corrected chi connectivity index (χ0v) is 6.34. The standard InChI is InChI=1S/C7H14N2O/c1-2-9-4-3-6(5-8)7(9)10/h6H,2-5,8H2,1H3/t6-/m1/s1. The number of hydrogen-bond donors (Lipinski definition) is 1. The Labute approximate surface area is 61.2 Å². The lowest BCUT2D eigenvalue weighted by Crippen LogP contribution is -2.29. The predicted molar refractivity (Wildman–Crippen MR) is 39.4 cm³/mol. The number of nitrogens with two attached hydrogens (primary N) is 1. The van der Waals surface area contributed by atoms with Crippen molar-refractivity contribution in [3.05, 3.63) is 0 Å². The Morgan fingerprint density at radius 1 is 1.80 bits per heavy atom. The van der Waals surface area contributed by atoms with Crippen molar-refractivity contribution >= 4 is 5.91 Å². The minimum Gasteiger partial charge on any atom is -0.343 e. The van der Waals surface area contributed by atoms with E-state index >= 15 is 0 Å². The molecule has 0 spiro atoms. The summed E-state index contributed by atoms with van der Waals surface area (Å²) in [7, 11) is 0. The van der Waals surface area contributed by atoms with Crippen LogP contribution in [0.25, 0.3) is 0 Å². The van der Waals surface area contributed by atoms with Gasteiger partial charge in [0.1, 0.15) is 0 Å². The summed E-state index contributed by atoms with van der Waals surface area (Å²) in [5.41, 5.74) is 5.39. The molecule has 1 fully saturated rings. The van der Waals surface area contributed by atoms with E-state index in [1.807, 2.05) is 11.8 Å². The first-order valence-corrected chi connectivity index (χ1v) is 3.78. The van der Waals surface area contributed by atoms with E-state index in [2.05, 4.69) is 0 Å². The van der Waals surface area contributed by atoms with Crippen LogP contribution in [0.3, 0.4) is 0 Å². The predicted octanol–water partition coefficient (Wildman–Crippen LogP) is -0.186. The van der Waals surface area contributed by atoms with Crippen molar-refractivity contribution in [2.45, 2.75) is 13.3 Å². The van der Waals surface area contributed by atoms with Crippen molar-refractivity contribution in [2.75, 3.05) is 19.6 Å². The van der Waals surface area contributed by atoms with Crippen LogP contribution in [0.5, 0.6) is 0 Å². The molecular formula is C7H14N2O. The second-order valence-corrected chi connectivity index (χ2v) is 2.64. The van der Waals surface area contributed by atoms with Gasteiger partial charge in [0, 0.05) is 19.6 Å². The molecule has 0 unspecified atom stereocenters. The van der Waals surface area contributed by atoms with Crippen LogP contribution in [0.4, 0.5) is 0 Å². The van der Waals surface area contributed by atoms with Crippen molar-refractivity contribution in [3.63, 3.8) is 0 Å².